The van der Waals surface area contributed by atoms with E-state index in [0.29, 0.717) is 0 Å². The molecule has 1 amide bonds. The molecular weight excluding hydrogens is 242 g/mol. The standard InChI is InChI=1S/C11H17NO6/c1-11(2,3)18-10(16)12-7(9(14)15)5-6-8(13)17-4/h5-6H2,1-4H3,(H,14,15)/b12-7+. The molecular formula is C11H17NO6. The molecule has 0 saturated heterocycles. The number of carbonyl (C=O) groups is 3. The van der Waals surface area contributed by atoms with Crippen LogP contribution in [0.2, 0.25) is 0 Å². The number of aliphatic carboxylic acids is 1. The first-order valence-electron chi connectivity index (χ1n) is 5.26. The van der Waals surface area contributed by atoms with Crippen LogP contribution in [0.1, 0.15) is 33.6 Å². The number of methoxy groups -OCH3 is 1. The lowest BCUT2D eigenvalue weighted by Gasteiger charge is -2.17. The molecule has 7 heteroatoms. The minimum atomic E-state index is -1.37. The van der Waals surface area contributed by atoms with Gasteiger partial charge in [0.05, 0.1) is 13.5 Å². The largest absolute Gasteiger partial charge is 0.477 e. The van der Waals surface area contributed by atoms with Gasteiger partial charge in [0, 0.05) is 6.42 Å². The van der Waals surface area contributed by atoms with Crippen molar-refractivity contribution in [3.63, 3.8) is 0 Å². The number of aliphatic imine (C=N–C) groups is 1. The first kappa shape index (κ1) is 16.1. The van der Waals surface area contributed by atoms with Gasteiger partial charge in [-0.15, -0.1) is 0 Å². The van der Waals surface area contributed by atoms with Gasteiger partial charge in [-0.1, -0.05) is 0 Å². The maximum Gasteiger partial charge on any atom is 0.434 e. The van der Waals surface area contributed by atoms with E-state index >= 15 is 0 Å². The van der Waals surface area contributed by atoms with Crippen molar-refractivity contribution in [1.82, 2.24) is 0 Å². The lowest BCUT2D eigenvalue weighted by Crippen LogP contribution is -2.24. The van der Waals surface area contributed by atoms with Crippen molar-refractivity contribution in [2.45, 2.75) is 39.2 Å². The lowest BCUT2D eigenvalue weighted by molar-refractivity contribution is -0.140. The summed E-state index contributed by atoms with van der Waals surface area (Å²) in [5, 5.41) is 8.82. The Morgan fingerprint density at radius 2 is 1.72 bits per heavy atom. The zero-order valence-corrected chi connectivity index (χ0v) is 10.8. The molecule has 0 spiro atoms. The molecule has 7 nitrogen and oxygen atoms in total. The molecule has 0 fully saturated rings. The van der Waals surface area contributed by atoms with E-state index in [9.17, 15) is 14.4 Å². The first-order valence-corrected chi connectivity index (χ1v) is 5.26. The van der Waals surface area contributed by atoms with E-state index in [1.54, 1.807) is 20.8 Å². The maximum atomic E-state index is 11.3. The summed E-state index contributed by atoms with van der Waals surface area (Å²) in [6, 6.07) is 0. The van der Waals surface area contributed by atoms with Gasteiger partial charge in [-0.2, -0.15) is 4.99 Å². The number of carboxylic acid groups (broad SMARTS) is 1. The van der Waals surface area contributed by atoms with Gasteiger partial charge in [-0.3, -0.25) is 4.79 Å². The number of ether oxygens (including phenoxy) is 2. The Morgan fingerprint density at radius 3 is 2.11 bits per heavy atom. The maximum absolute atomic E-state index is 11.3. The molecule has 1 N–H and O–H groups in total. The summed E-state index contributed by atoms with van der Waals surface area (Å²) in [6.07, 6.45) is -1.35. The van der Waals surface area contributed by atoms with Gasteiger partial charge in [-0.05, 0) is 20.8 Å². The third-order valence-corrected chi connectivity index (χ3v) is 1.66. The predicted octanol–water partition coefficient (Wildman–Crippen LogP) is 1.40. The molecule has 18 heavy (non-hydrogen) atoms. The van der Waals surface area contributed by atoms with Crippen LogP contribution in [0.4, 0.5) is 4.79 Å². The summed E-state index contributed by atoms with van der Waals surface area (Å²) < 4.78 is 9.21. The fourth-order valence-electron chi connectivity index (χ4n) is 0.928. The third kappa shape index (κ3) is 7.37. The van der Waals surface area contributed by atoms with E-state index in [1.807, 2.05) is 0 Å². The molecule has 0 saturated carbocycles. The molecule has 0 aliphatic rings. The van der Waals surface area contributed by atoms with Crippen LogP contribution >= 0.6 is 0 Å². The summed E-state index contributed by atoms with van der Waals surface area (Å²) in [5.74, 6) is -1.95. The van der Waals surface area contributed by atoms with Crippen LogP contribution in [0.5, 0.6) is 0 Å². The van der Waals surface area contributed by atoms with Crippen LogP contribution in [-0.2, 0) is 19.1 Å². The highest BCUT2D eigenvalue weighted by molar-refractivity contribution is 6.37. The summed E-state index contributed by atoms with van der Waals surface area (Å²) in [6.45, 7) is 4.90. The Hall–Kier alpha value is -1.92. The molecule has 0 atom stereocenters. The van der Waals surface area contributed by atoms with Crippen LogP contribution in [0.3, 0.4) is 0 Å². The van der Waals surface area contributed by atoms with E-state index < -0.39 is 29.3 Å². The molecule has 0 radical (unpaired) electrons. The highest BCUT2D eigenvalue weighted by Gasteiger charge is 2.19. The van der Waals surface area contributed by atoms with Crippen molar-refractivity contribution < 1.29 is 29.0 Å². The van der Waals surface area contributed by atoms with Crippen molar-refractivity contribution in [1.29, 1.82) is 0 Å². The van der Waals surface area contributed by atoms with Crippen molar-refractivity contribution in [3.8, 4) is 0 Å². The minimum Gasteiger partial charge on any atom is -0.477 e. The van der Waals surface area contributed by atoms with Gasteiger partial charge in [0.25, 0.3) is 0 Å². The van der Waals surface area contributed by atoms with Crippen molar-refractivity contribution in [2.75, 3.05) is 7.11 Å². The quantitative estimate of drug-likeness (QED) is 0.604. The number of hydrogen-bond acceptors (Lipinski definition) is 5. The Kier molecular flexibility index (Phi) is 6.01. The Balaban J connectivity index is 4.64. The van der Waals surface area contributed by atoms with Gasteiger partial charge in [0.1, 0.15) is 11.3 Å². The number of carbonyl (C=O) groups excluding carboxylic acids is 2. The normalized spacial score (nSPS) is 11.9. The van der Waals surface area contributed by atoms with Gasteiger partial charge < -0.3 is 14.6 Å². The molecule has 0 aliphatic carbocycles. The van der Waals surface area contributed by atoms with Crippen molar-refractivity contribution in [2.24, 2.45) is 4.99 Å². The Morgan fingerprint density at radius 1 is 1.17 bits per heavy atom. The molecule has 0 aliphatic heterocycles. The van der Waals surface area contributed by atoms with E-state index in [0.717, 1.165) is 0 Å². The number of esters is 1. The van der Waals surface area contributed by atoms with Crippen LogP contribution in [-0.4, -0.2) is 41.6 Å². The molecule has 102 valence electrons. The highest BCUT2D eigenvalue weighted by Crippen LogP contribution is 2.08. The van der Waals surface area contributed by atoms with E-state index in [2.05, 4.69) is 9.73 Å². The average Bonchev–Trinajstić information content (AvgIpc) is 2.20. The van der Waals surface area contributed by atoms with E-state index in [4.69, 9.17) is 9.84 Å². The molecule has 0 rings (SSSR count). The fraction of sp³-hybridized carbons (Fsp3) is 0.636. The first-order chi connectivity index (χ1) is 8.15. The second-order valence-electron chi connectivity index (χ2n) is 4.42. The number of hydrogen-bond donors (Lipinski definition) is 1. The Bertz CT molecular complexity index is 366. The second-order valence-corrected chi connectivity index (χ2v) is 4.42. The summed E-state index contributed by atoms with van der Waals surface area (Å²) in [4.78, 5) is 36.3. The van der Waals surface area contributed by atoms with Crippen LogP contribution < -0.4 is 0 Å². The molecule has 0 heterocycles. The molecule has 0 aromatic carbocycles. The zero-order valence-electron chi connectivity index (χ0n) is 10.8. The molecule has 0 bridgehead atoms. The zero-order chi connectivity index (χ0) is 14.3. The number of carboxylic acids is 1. The third-order valence-electron chi connectivity index (χ3n) is 1.66. The van der Waals surface area contributed by atoms with E-state index in [-0.39, 0.29) is 12.8 Å². The van der Waals surface area contributed by atoms with Gasteiger partial charge >= 0.3 is 18.0 Å². The topological polar surface area (TPSA) is 102 Å². The monoisotopic (exact) mass is 259 g/mol. The smallest absolute Gasteiger partial charge is 0.434 e. The Labute approximate surface area is 105 Å². The predicted molar refractivity (Wildman–Crippen MR) is 62.6 cm³/mol. The summed E-state index contributed by atoms with van der Waals surface area (Å²) in [5.41, 5.74) is -1.19. The number of amides is 1. The highest BCUT2D eigenvalue weighted by atomic mass is 16.6. The summed E-state index contributed by atoms with van der Waals surface area (Å²) in [7, 11) is 1.19. The van der Waals surface area contributed by atoms with Gasteiger partial charge in [0.2, 0.25) is 0 Å². The van der Waals surface area contributed by atoms with E-state index in [1.165, 1.54) is 7.11 Å². The molecule has 0 aromatic heterocycles. The molecule has 0 aromatic rings. The lowest BCUT2D eigenvalue weighted by atomic mass is 10.2. The van der Waals surface area contributed by atoms with Gasteiger partial charge in [-0.25, -0.2) is 9.59 Å². The summed E-state index contributed by atoms with van der Waals surface area (Å²) >= 11 is 0. The van der Waals surface area contributed by atoms with Crippen LogP contribution in [0.15, 0.2) is 4.99 Å². The van der Waals surface area contributed by atoms with Crippen molar-refractivity contribution >= 4 is 23.7 Å². The number of rotatable bonds is 4. The van der Waals surface area contributed by atoms with Gasteiger partial charge in [0.15, 0.2) is 0 Å². The van der Waals surface area contributed by atoms with Crippen LogP contribution in [0, 0.1) is 0 Å². The fourth-order valence-corrected chi connectivity index (χ4v) is 0.928. The SMILES string of the molecule is COC(=O)CC/C(=N\C(=O)OC(C)(C)C)C(=O)O. The average molecular weight is 259 g/mol. The van der Waals surface area contributed by atoms with Crippen LogP contribution in [0.25, 0.3) is 0 Å². The number of nitrogens with zero attached hydrogens (tertiary/aromatic N) is 1. The second kappa shape index (κ2) is 6.73. The van der Waals surface area contributed by atoms with Crippen molar-refractivity contribution in [3.05, 3.63) is 0 Å². The minimum absolute atomic E-state index is 0.162. The molecule has 0 unspecified atom stereocenters.